The average Bonchev–Trinajstić information content (AvgIpc) is 3.39. The average molecular weight is 349 g/mol. The lowest BCUT2D eigenvalue weighted by Gasteiger charge is -2.32. The number of carbonyl (C=O) groups is 1. The van der Waals surface area contributed by atoms with Crippen molar-refractivity contribution in [1.29, 1.82) is 0 Å². The lowest BCUT2D eigenvalue weighted by molar-refractivity contribution is -0.123. The van der Waals surface area contributed by atoms with E-state index in [4.69, 9.17) is 4.74 Å². The van der Waals surface area contributed by atoms with Crippen LogP contribution in [0.3, 0.4) is 0 Å². The van der Waals surface area contributed by atoms with Gasteiger partial charge in [0.1, 0.15) is 11.9 Å². The molecule has 1 aromatic carbocycles. The Bertz CT molecular complexity index is 806. The van der Waals surface area contributed by atoms with Gasteiger partial charge in [0.2, 0.25) is 5.91 Å². The first kappa shape index (κ1) is 15.8. The number of benzene rings is 1. The molecule has 5 nitrogen and oxygen atoms in total. The van der Waals surface area contributed by atoms with Crippen molar-refractivity contribution in [2.45, 2.75) is 38.0 Å². The molecule has 1 amide bonds. The highest BCUT2D eigenvalue weighted by Gasteiger charge is 2.43. The predicted molar refractivity (Wildman–Crippen MR) is 99.0 cm³/mol. The Morgan fingerprint density at radius 2 is 2.04 bits per heavy atom. The summed E-state index contributed by atoms with van der Waals surface area (Å²) in [6, 6.07) is 11.9. The standard InChI is InChI=1S/C21H23N3O2/c25-21-19-10-17(14-23(19)12-16-4-3-9-22-11-16)26-20-6-2-1-5-18(20)24(21)13-15-7-8-15/h1-6,9,11,15,17,19H,7-8,10,12-14H2/t17-,19-/m0/s1. The van der Waals surface area contributed by atoms with Gasteiger partial charge in [0.15, 0.2) is 0 Å². The number of para-hydroxylation sites is 2. The number of pyridine rings is 1. The van der Waals surface area contributed by atoms with E-state index in [1.807, 2.05) is 41.4 Å². The zero-order valence-corrected chi connectivity index (χ0v) is 14.8. The van der Waals surface area contributed by atoms with Gasteiger partial charge in [-0.05, 0) is 42.5 Å². The van der Waals surface area contributed by atoms with Gasteiger partial charge in [-0.1, -0.05) is 18.2 Å². The monoisotopic (exact) mass is 349 g/mol. The number of fused-ring (bicyclic) bond motifs is 3. The molecule has 2 fully saturated rings. The third-order valence-electron chi connectivity index (χ3n) is 5.61. The van der Waals surface area contributed by atoms with Gasteiger partial charge in [0.05, 0.1) is 11.7 Å². The molecule has 134 valence electrons. The van der Waals surface area contributed by atoms with Crippen LogP contribution in [0.4, 0.5) is 5.69 Å². The van der Waals surface area contributed by atoms with Crippen LogP contribution in [0.2, 0.25) is 0 Å². The second-order valence-electron chi connectivity index (χ2n) is 7.64. The molecule has 2 aliphatic heterocycles. The van der Waals surface area contributed by atoms with E-state index in [1.165, 1.54) is 12.8 Å². The number of aromatic nitrogens is 1. The Hall–Kier alpha value is -2.40. The van der Waals surface area contributed by atoms with E-state index in [9.17, 15) is 4.79 Å². The van der Waals surface area contributed by atoms with Gasteiger partial charge in [-0.2, -0.15) is 0 Å². The molecule has 1 saturated carbocycles. The van der Waals surface area contributed by atoms with Crippen molar-refractivity contribution in [1.82, 2.24) is 9.88 Å². The number of amides is 1. The number of hydrogen-bond donors (Lipinski definition) is 0. The number of nitrogens with zero attached hydrogens (tertiary/aromatic N) is 3. The SMILES string of the molecule is O=C1[C@@H]2C[C@@H](CN2Cc2cccnc2)Oc2ccccc2N1CC1CC1. The summed E-state index contributed by atoms with van der Waals surface area (Å²) in [4.78, 5) is 21.9. The molecule has 3 heterocycles. The highest BCUT2D eigenvalue weighted by molar-refractivity contribution is 5.99. The van der Waals surface area contributed by atoms with Gasteiger partial charge >= 0.3 is 0 Å². The highest BCUT2D eigenvalue weighted by atomic mass is 16.5. The number of anilines is 1. The van der Waals surface area contributed by atoms with Gasteiger partial charge in [-0.25, -0.2) is 0 Å². The Morgan fingerprint density at radius 1 is 1.15 bits per heavy atom. The molecular formula is C21H23N3O2. The fourth-order valence-electron chi connectivity index (χ4n) is 4.11. The Balaban J connectivity index is 1.47. The second-order valence-corrected chi connectivity index (χ2v) is 7.64. The van der Waals surface area contributed by atoms with Gasteiger partial charge in [-0.15, -0.1) is 0 Å². The first-order valence-electron chi connectivity index (χ1n) is 9.48. The third kappa shape index (κ3) is 2.97. The molecule has 3 aliphatic rings. The summed E-state index contributed by atoms with van der Waals surface area (Å²) in [5.74, 6) is 1.70. The van der Waals surface area contributed by atoms with Gasteiger partial charge in [0, 0.05) is 38.4 Å². The summed E-state index contributed by atoms with van der Waals surface area (Å²) in [6.45, 7) is 2.32. The number of rotatable bonds is 4. The van der Waals surface area contributed by atoms with Gasteiger partial charge < -0.3 is 9.64 Å². The van der Waals surface area contributed by atoms with E-state index in [-0.39, 0.29) is 18.1 Å². The number of ether oxygens (including phenoxy) is 1. The normalized spacial score (nSPS) is 25.4. The number of likely N-dealkylation sites (tertiary alicyclic amines) is 1. The zero-order chi connectivity index (χ0) is 17.5. The number of carbonyl (C=O) groups excluding carboxylic acids is 1. The Labute approximate surface area is 153 Å². The third-order valence-corrected chi connectivity index (χ3v) is 5.61. The van der Waals surface area contributed by atoms with Gasteiger partial charge in [0.25, 0.3) is 0 Å². The molecule has 0 spiro atoms. The van der Waals surface area contributed by atoms with Crippen LogP contribution in [0.5, 0.6) is 5.75 Å². The quantitative estimate of drug-likeness (QED) is 0.851. The first-order valence-corrected chi connectivity index (χ1v) is 9.48. The fourth-order valence-corrected chi connectivity index (χ4v) is 4.11. The van der Waals surface area contributed by atoms with Crippen molar-refractivity contribution in [2.24, 2.45) is 5.92 Å². The minimum Gasteiger partial charge on any atom is -0.487 e. The molecule has 0 unspecified atom stereocenters. The van der Waals surface area contributed by atoms with E-state index < -0.39 is 0 Å². The molecular weight excluding hydrogens is 326 g/mol. The van der Waals surface area contributed by atoms with Gasteiger partial charge in [-0.3, -0.25) is 14.7 Å². The van der Waals surface area contributed by atoms with Crippen molar-refractivity contribution in [3.8, 4) is 5.75 Å². The minimum atomic E-state index is -0.118. The Morgan fingerprint density at radius 3 is 2.85 bits per heavy atom. The summed E-state index contributed by atoms with van der Waals surface area (Å²) in [5, 5.41) is 0. The highest BCUT2D eigenvalue weighted by Crippen LogP contribution is 2.39. The summed E-state index contributed by atoms with van der Waals surface area (Å²) in [7, 11) is 0. The van der Waals surface area contributed by atoms with E-state index >= 15 is 0 Å². The first-order chi connectivity index (χ1) is 12.8. The summed E-state index contributed by atoms with van der Waals surface area (Å²) < 4.78 is 6.33. The molecule has 5 rings (SSSR count). The Kier molecular flexibility index (Phi) is 3.89. The molecule has 26 heavy (non-hydrogen) atoms. The van der Waals surface area contributed by atoms with E-state index in [2.05, 4.69) is 16.0 Å². The fraction of sp³-hybridized carbons (Fsp3) is 0.429. The molecule has 2 bridgehead atoms. The van der Waals surface area contributed by atoms with E-state index in [0.717, 1.165) is 43.1 Å². The zero-order valence-electron chi connectivity index (χ0n) is 14.8. The molecule has 2 aromatic rings. The van der Waals surface area contributed by atoms with E-state index in [1.54, 1.807) is 6.20 Å². The molecule has 0 radical (unpaired) electrons. The van der Waals surface area contributed by atoms with Crippen LogP contribution < -0.4 is 9.64 Å². The van der Waals surface area contributed by atoms with Crippen LogP contribution in [-0.2, 0) is 11.3 Å². The lowest BCUT2D eigenvalue weighted by atomic mass is 10.1. The summed E-state index contributed by atoms with van der Waals surface area (Å²) >= 11 is 0. The van der Waals surface area contributed by atoms with Crippen molar-refractivity contribution < 1.29 is 9.53 Å². The maximum atomic E-state index is 13.5. The summed E-state index contributed by atoms with van der Waals surface area (Å²) in [6.07, 6.45) is 6.92. The summed E-state index contributed by atoms with van der Waals surface area (Å²) in [5.41, 5.74) is 2.07. The largest absolute Gasteiger partial charge is 0.487 e. The van der Waals surface area contributed by atoms with Crippen molar-refractivity contribution in [3.63, 3.8) is 0 Å². The van der Waals surface area contributed by atoms with Crippen molar-refractivity contribution >= 4 is 11.6 Å². The topological polar surface area (TPSA) is 45.7 Å². The maximum Gasteiger partial charge on any atom is 0.244 e. The predicted octanol–water partition coefficient (Wildman–Crippen LogP) is 2.86. The number of hydrogen-bond acceptors (Lipinski definition) is 4. The molecule has 0 N–H and O–H groups in total. The lowest BCUT2D eigenvalue weighted by Crippen LogP contribution is -2.46. The van der Waals surface area contributed by atoms with Crippen LogP contribution in [0, 0.1) is 5.92 Å². The molecule has 2 atom stereocenters. The van der Waals surface area contributed by atoms with Crippen molar-refractivity contribution in [3.05, 3.63) is 54.4 Å². The molecule has 1 aromatic heterocycles. The van der Waals surface area contributed by atoms with Crippen LogP contribution in [-0.4, -0.2) is 41.0 Å². The van der Waals surface area contributed by atoms with Crippen LogP contribution in [0.25, 0.3) is 0 Å². The maximum absolute atomic E-state index is 13.5. The van der Waals surface area contributed by atoms with Crippen LogP contribution in [0.15, 0.2) is 48.8 Å². The van der Waals surface area contributed by atoms with Crippen LogP contribution in [0.1, 0.15) is 24.8 Å². The minimum absolute atomic E-state index is 0.0600. The molecule has 1 saturated heterocycles. The molecule has 1 aliphatic carbocycles. The second kappa shape index (κ2) is 6.40. The van der Waals surface area contributed by atoms with Crippen molar-refractivity contribution in [2.75, 3.05) is 18.0 Å². The smallest absolute Gasteiger partial charge is 0.244 e. The van der Waals surface area contributed by atoms with Crippen LogP contribution >= 0.6 is 0 Å². The molecule has 5 heteroatoms. The van der Waals surface area contributed by atoms with E-state index in [0.29, 0.717) is 5.92 Å².